The minimum Gasteiger partial charge on any atom is -0.484 e. The fraction of sp³-hybridized carbons (Fsp3) is 0.222. The molecule has 2 amide bonds. The van der Waals surface area contributed by atoms with Crippen LogP contribution in [0.4, 0.5) is 5.69 Å². The Hall–Kier alpha value is -2.53. The van der Waals surface area contributed by atoms with Crippen LogP contribution in [0, 0.1) is 0 Å². The highest BCUT2D eigenvalue weighted by molar-refractivity contribution is 6.30. The van der Waals surface area contributed by atoms with Gasteiger partial charge in [0.2, 0.25) is 0 Å². The summed E-state index contributed by atoms with van der Waals surface area (Å²) in [6.07, 6.45) is 2.06. The second kappa shape index (κ2) is 7.36. The third-order valence-electron chi connectivity index (χ3n) is 3.49. The van der Waals surface area contributed by atoms with E-state index in [9.17, 15) is 9.59 Å². The average Bonchev–Trinajstić information content (AvgIpc) is 3.37. The maximum Gasteiger partial charge on any atom is 0.262 e. The number of ether oxygens (including phenoxy) is 1. The lowest BCUT2D eigenvalue weighted by molar-refractivity contribution is -0.118. The number of carbonyl (C=O) groups excluding carboxylic acids is 2. The molecule has 1 aliphatic rings. The summed E-state index contributed by atoms with van der Waals surface area (Å²) in [5.74, 6) is 0.0914. The summed E-state index contributed by atoms with van der Waals surface area (Å²) >= 11 is 5.86. The van der Waals surface area contributed by atoms with E-state index in [2.05, 4.69) is 10.6 Å². The molecule has 0 heterocycles. The number of rotatable bonds is 6. The topological polar surface area (TPSA) is 67.4 Å². The lowest BCUT2D eigenvalue weighted by Gasteiger charge is -2.09. The molecule has 1 aliphatic carbocycles. The van der Waals surface area contributed by atoms with Crippen LogP contribution in [-0.2, 0) is 4.79 Å². The zero-order chi connectivity index (χ0) is 16.9. The van der Waals surface area contributed by atoms with Gasteiger partial charge in [0.1, 0.15) is 5.75 Å². The quantitative estimate of drug-likeness (QED) is 0.845. The molecule has 1 saturated carbocycles. The summed E-state index contributed by atoms with van der Waals surface area (Å²) in [7, 11) is 0. The second-order valence-corrected chi connectivity index (χ2v) is 6.06. The second-order valence-electron chi connectivity index (χ2n) is 5.62. The number of halogens is 1. The minimum atomic E-state index is -0.310. The summed E-state index contributed by atoms with van der Waals surface area (Å²) in [6, 6.07) is 14.0. The lowest BCUT2D eigenvalue weighted by atomic mass is 10.2. The van der Waals surface area contributed by atoms with Gasteiger partial charge in [-0.3, -0.25) is 9.59 Å². The molecule has 1 fully saturated rings. The first kappa shape index (κ1) is 16.3. The predicted octanol–water partition coefficient (Wildman–Crippen LogP) is 3.25. The number of amides is 2. The van der Waals surface area contributed by atoms with E-state index in [0.717, 1.165) is 12.8 Å². The van der Waals surface area contributed by atoms with Crippen molar-refractivity contribution in [3.63, 3.8) is 0 Å². The molecule has 124 valence electrons. The number of hydrogen-bond donors (Lipinski definition) is 2. The highest BCUT2D eigenvalue weighted by Crippen LogP contribution is 2.20. The molecule has 0 atom stereocenters. The van der Waals surface area contributed by atoms with Crippen LogP contribution in [0.5, 0.6) is 5.75 Å². The van der Waals surface area contributed by atoms with Crippen molar-refractivity contribution >= 4 is 29.1 Å². The van der Waals surface area contributed by atoms with Gasteiger partial charge in [0.05, 0.1) is 0 Å². The molecule has 0 spiro atoms. The van der Waals surface area contributed by atoms with Crippen molar-refractivity contribution in [2.24, 2.45) is 0 Å². The molecule has 0 bridgehead atoms. The SMILES string of the molecule is O=C(COc1cccc(Cl)c1)Nc1cccc(C(=O)NC2CC2)c1. The Morgan fingerprint density at radius 3 is 2.67 bits per heavy atom. The normalized spacial score (nSPS) is 13.2. The fourth-order valence-corrected chi connectivity index (χ4v) is 2.32. The maximum absolute atomic E-state index is 12.0. The molecule has 6 heteroatoms. The van der Waals surface area contributed by atoms with E-state index in [4.69, 9.17) is 16.3 Å². The van der Waals surface area contributed by atoms with Crippen LogP contribution < -0.4 is 15.4 Å². The van der Waals surface area contributed by atoms with Crippen molar-refractivity contribution in [1.29, 1.82) is 0 Å². The first-order chi connectivity index (χ1) is 11.6. The van der Waals surface area contributed by atoms with Crippen LogP contribution >= 0.6 is 11.6 Å². The van der Waals surface area contributed by atoms with Crippen molar-refractivity contribution in [3.8, 4) is 5.75 Å². The van der Waals surface area contributed by atoms with Crippen molar-refractivity contribution in [3.05, 3.63) is 59.1 Å². The molecule has 0 aliphatic heterocycles. The molecule has 0 radical (unpaired) electrons. The van der Waals surface area contributed by atoms with Gasteiger partial charge in [-0.15, -0.1) is 0 Å². The van der Waals surface area contributed by atoms with Gasteiger partial charge in [-0.2, -0.15) is 0 Å². The van der Waals surface area contributed by atoms with Crippen molar-refractivity contribution in [2.45, 2.75) is 18.9 Å². The van der Waals surface area contributed by atoms with Crippen LogP contribution in [0.3, 0.4) is 0 Å². The minimum absolute atomic E-state index is 0.122. The molecule has 3 rings (SSSR count). The Labute approximate surface area is 145 Å². The van der Waals surface area contributed by atoms with Crippen molar-refractivity contribution in [2.75, 3.05) is 11.9 Å². The van der Waals surface area contributed by atoms with Crippen molar-refractivity contribution < 1.29 is 14.3 Å². The molecule has 5 nitrogen and oxygen atoms in total. The smallest absolute Gasteiger partial charge is 0.262 e. The average molecular weight is 345 g/mol. The Kier molecular flexibility index (Phi) is 5.01. The molecular weight excluding hydrogens is 328 g/mol. The van der Waals surface area contributed by atoms with Gasteiger partial charge in [0.15, 0.2) is 6.61 Å². The van der Waals surface area contributed by atoms with Gasteiger partial charge < -0.3 is 15.4 Å². The number of benzene rings is 2. The lowest BCUT2D eigenvalue weighted by Crippen LogP contribution is -2.25. The van der Waals surface area contributed by atoms with Crippen LogP contribution in [0.1, 0.15) is 23.2 Å². The van der Waals surface area contributed by atoms with Gasteiger partial charge in [0, 0.05) is 22.3 Å². The standard InChI is InChI=1S/C18H17ClN2O3/c19-13-4-2-6-16(10-13)24-11-17(22)20-15-5-1-3-12(9-15)18(23)21-14-7-8-14/h1-6,9-10,14H,7-8,11H2,(H,20,22)(H,21,23). The zero-order valence-corrected chi connectivity index (χ0v) is 13.7. The summed E-state index contributed by atoms with van der Waals surface area (Å²) in [5, 5.41) is 6.17. The van der Waals surface area contributed by atoms with E-state index in [1.165, 1.54) is 0 Å². The fourth-order valence-electron chi connectivity index (χ4n) is 2.14. The van der Waals surface area contributed by atoms with Gasteiger partial charge in [-0.05, 0) is 49.2 Å². The highest BCUT2D eigenvalue weighted by atomic mass is 35.5. The zero-order valence-electron chi connectivity index (χ0n) is 12.9. The van der Waals surface area contributed by atoms with E-state index in [1.807, 2.05) is 0 Å². The Bertz CT molecular complexity index is 759. The van der Waals surface area contributed by atoms with E-state index in [-0.39, 0.29) is 18.4 Å². The van der Waals surface area contributed by atoms with E-state index >= 15 is 0 Å². The van der Waals surface area contributed by atoms with Gasteiger partial charge in [-0.1, -0.05) is 23.7 Å². The molecule has 24 heavy (non-hydrogen) atoms. The van der Waals surface area contributed by atoms with Crippen molar-refractivity contribution in [1.82, 2.24) is 5.32 Å². The molecule has 0 aromatic heterocycles. The third kappa shape index (κ3) is 4.73. The number of carbonyl (C=O) groups is 2. The Balaban J connectivity index is 1.54. The number of nitrogens with one attached hydrogen (secondary N) is 2. The van der Waals surface area contributed by atoms with Crippen LogP contribution in [0.15, 0.2) is 48.5 Å². The Morgan fingerprint density at radius 2 is 1.92 bits per heavy atom. The maximum atomic E-state index is 12.0. The summed E-state index contributed by atoms with van der Waals surface area (Å²) < 4.78 is 5.38. The first-order valence-electron chi connectivity index (χ1n) is 7.69. The van der Waals surface area contributed by atoms with E-state index in [0.29, 0.717) is 28.1 Å². The molecular formula is C18H17ClN2O3. The number of anilines is 1. The third-order valence-corrected chi connectivity index (χ3v) is 3.72. The largest absolute Gasteiger partial charge is 0.484 e. The molecule has 2 N–H and O–H groups in total. The summed E-state index contributed by atoms with van der Waals surface area (Å²) in [6.45, 7) is -0.140. The van der Waals surface area contributed by atoms with E-state index < -0.39 is 0 Å². The highest BCUT2D eigenvalue weighted by Gasteiger charge is 2.23. The molecule has 2 aromatic carbocycles. The van der Waals surface area contributed by atoms with E-state index in [1.54, 1.807) is 48.5 Å². The first-order valence-corrected chi connectivity index (χ1v) is 8.07. The van der Waals surface area contributed by atoms with Gasteiger partial charge >= 0.3 is 0 Å². The van der Waals surface area contributed by atoms with Gasteiger partial charge in [-0.25, -0.2) is 0 Å². The summed E-state index contributed by atoms with van der Waals surface area (Å²) in [5.41, 5.74) is 1.08. The Morgan fingerprint density at radius 1 is 1.12 bits per heavy atom. The predicted molar refractivity (Wildman–Crippen MR) is 92.5 cm³/mol. The monoisotopic (exact) mass is 344 g/mol. The van der Waals surface area contributed by atoms with Gasteiger partial charge in [0.25, 0.3) is 11.8 Å². The van der Waals surface area contributed by atoms with Crippen LogP contribution in [-0.4, -0.2) is 24.5 Å². The van der Waals surface area contributed by atoms with Crippen LogP contribution in [0.2, 0.25) is 5.02 Å². The summed E-state index contributed by atoms with van der Waals surface area (Å²) in [4.78, 5) is 24.0. The number of hydrogen-bond acceptors (Lipinski definition) is 3. The molecule has 0 unspecified atom stereocenters. The molecule has 0 saturated heterocycles. The molecule has 2 aromatic rings. The van der Waals surface area contributed by atoms with Crippen LogP contribution in [0.25, 0.3) is 0 Å².